The molecule has 1 aliphatic heterocycles. The van der Waals surface area contributed by atoms with Gasteiger partial charge in [0.1, 0.15) is 0 Å². The molecule has 1 N–H and O–H groups in total. The SMILES string of the molecule is CC[C@@H](C)NC(=O)[C@@H]1CC(=O)N(c2ccccc2)C1. The Morgan fingerprint density at radius 3 is 2.74 bits per heavy atom. The van der Waals surface area contributed by atoms with Crippen LogP contribution in [0.25, 0.3) is 0 Å². The van der Waals surface area contributed by atoms with Gasteiger partial charge in [0, 0.05) is 24.7 Å². The van der Waals surface area contributed by atoms with Gasteiger partial charge in [-0.15, -0.1) is 0 Å². The molecular formula is C15H20N2O2. The lowest BCUT2D eigenvalue weighted by molar-refractivity contribution is -0.126. The second kappa shape index (κ2) is 5.87. The third-order valence-corrected chi connectivity index (χ3v) is 3.56. The molecule has 1 aromatic carbocycles. The highest BCUT2D eigenvalue weighted by Gasteiger charge is 2.35. The molecule has 0 unspecified atom stereocenters. The molecule has 0 aromatic heterocycles. The molecule has 0 aliphatic carbocycles. The van der Waals surface area contributed by atoms with E-state index in [0.717, 1.165) is 12.1 Å². The number of carbonyl (C=O) groups excluding carboxylic acids is 2. The van der Waals surface area contributed by atoms with E-state index in [1.807, 2.05) is 44.2 Å². The Hall–Kier alpha value is -1.84. The molecule has 19 heavy (non-hydrogen) atoms. The third-order valence-electron chi connectivity index (χ3n) is 3.56. The van der Waals surface area contributed by atoms with Crippen molar-refractivity contribution in [3.63, 3.8) is 0 Å². The molecule has 0 radical (unpaired) electrons. The molecule has 2 rings (SSSR count). The van der Waals surface area contributed by atoms with Gasteiger partial charge in [0.05, 0.1) is 5.92 Å². The minimum Gasteiger partial charge on any atom is -0.353 e. The largest absolute Gasteiger partial charge is 0.353 e. The lowest BCUT2D eigenvalue weighted by Crippen LogP contribution is -2.38. The zero-order valence-electron chi connectivity index (χ0n) is 11.4. The monoisotopic (exact) mass is 260 g/mol. The summed E-state index contributed by atoms with van der Waals surface area (Å²) in [6.45, 7) is 4.48. The fourth-order valence-corrected chi connectivity index (χ4v) is 2.20. The van der Waals surface area contributed by atoms with Crippen molar-refractivity contribution in [3.8, 4) is 0 Å². The number of rotatable bonds is 4. The molecule has 1 aliphatic rings. The van der Waals surface area contributed by atoms with E-state index >= 15 is 0 Å². The van der Waals surface area contributed by atoms with Crippen LogP contribution < -0.4 is 10.2 Å². The first-order valence-corrected chi connectivity index (χ1v) is 6.77. The zero-order chi connectivity index (χ0) is 13.8. The highest BCUT2D eigenvalue weighted by molar-refractivity contribution is 6.00. The molecule has 1 heterocycles. The first-order valence-electron chi connectivity index (χ1n) is 6.77. The predicted molar refractivity (Wildman–Crippen MR) is 74.8 cm³/mol. The molecule has 1 fully saturated rings. The number of anilines is 1. The highest BCUT2D eigenvalue weighted by Crippen LogP contribution is 2.24. The zero-order valence-corrected chi connectivity index (χ0v) is 11.4. The summed E-state index contributed by atoms with van der Waals surface area (Å²) in [5.41, 5.74) is 0.867. The van der Waals surface area contributed by atoms with Gasteiger partial charge in [-0.3, -0.25) is 9.59 Å². The maximum Gasteiger partial charge on any atom is 0.227 e. The maximum atomic E-state index is 12.0. The summed E-state index contributed by atoms with van der Waals surface area (Å²) in [6, 6.07) is 9.66. The van der Waals surface area contributed by atoms with Crippen molar-refractivity contribution in [1.82, 2.24) is 5.32 Å². The molecule has 1 aromatic rings. The molecule has 2 amide bonds. The van der Waals surface area contributed by atoms with E-state index in [-0.39, 0.29) is 23.8 Å². The Labute approximate surface area is 113 Å². The molecule has 0 saturated carbocycles. The minimum atomic E-state index is -0.235. The first-order chi connectivity index (χ1) is 9.11. The van der Waals surface area contributed by atoms with Crippen LogP contribution in [0.3, 0.4) is 0 Å². The van der Waals surface area contributed by atoms with Crippen LogP contribution in [0.15, 0.2) is 30.3 Å². The summed E-state index contributed by atoms with van der Waals surface area (Å²) in [4.78, 5) is 25.7. The summed E-state index contributed by atoms with van der Waals surface area (Å²) in [5.74, 6) is -0.224. The van der Waals surface area contributed by atoms with Crippen LogP contribution in [-0.4, -0.2) is 24.4 Å². The van der Waals surface area contributed by atoms with Crippen LogP contribution in [0, 0.1) is 5.92 Å². The summed E-state index contributed by atoms with van der Waals surface area (Å²) in [7, 11) is 0. The third kappa shape index (κ3) is 3.13. The molecular weight excluding hydrogens is 240 g/mol. The number of nitrogens with zero attached hydrogens (tertiary/aromatic N) is 1. The topological polar surface area (TPSA) is 49.4 Å². The van der Waals surface area contributed by atoms with Crippen molar-refractivity contribution in [2.75, 3.05) is 11.4 Å². The molecule has 1 saturated heterocycles. The molecule has 4 nitrogen and oxygen atoms in total. The average Bonchev–Trinajstić information content (AvgIpc) is 2.82. The van der Waals surface area contributed by atoms with E-state index in [1.165, 1.54) is 0 Å². The molecule has 0 bridgehead atoms. The van der Waals surface area contributed by atoms with E-state index < -0.39 is 0 Å². The van der Waals surface area contributed by atoms with E-state index in [0.29, 0.717) is 13.0 Å². The fraction of sp³-hybridized carbons (Fsp3) is 0.467. The molecule has 102 valence electrons. The standard InChI is InChI=1S/C15H20N2O2/c1-3-11(2)16-15(19)12-9-14(18)17(10-12)13-7-5-4-6-8-13/h4-8,11-12H,3,9-10H2,1-2H3,(H,16,19)/t11-,12-/m1/s1. The van der Waals surface area contributed by atoms with Crippen LogP contribution in [0.2, 0.25) is 0 Å². The van der Waals surface area contributed by atoms with E-state index in [2.05, 4.69) is 5.32 Å². The molecule has 2 atom stereocenters. The Morgan fingerprint density at radius 2 is 2.11 bits per heavy atom. The average molecular weight is 260 g/mol. The van der Waals surface area contributed by atoms with Gasteiger partial charge in [0.25, 0.3) is 0 Å². The van der Waals surface area contributed by atoms with Gasteiger partial charge in [0.2, 0.25) is 11.8 Å². The molecule has 0 spiro atoms. The van der Waals surface area contributed by atoms with Gasteiger partial charge in [0.15, 0.2) is 0 Å². The van der Waals surface area contributed by atoms with Gasteiger partial charge in [-0.25, -0.2) is 0 Å². The molecule has 4 heteroatoms. The van der Waals surface area contributed by atoms with Crippen molar-refractivity contribution in [1.29, 1.82) is 0 Å². The fourth-order valence-electron chi connectivity index (χ4n) is 2.20. The van der Waals surface area contributed by atoms with Gasteiger partial charge in [-0.2, -0.15) is 0 Å². The number of hydrogen-bond acceptors (Lipinski definition) is 2. The van der Waals surface area contributed by atoms with E-state index in [9.17, 15) is 9.59 Å². The van der Waals surface area contributed by atoms with Crippen LogP contribution in [-0.2, 0) is 9.59 Å². The summed E-state index contributed by atoms with van der Waals surface area (Å²) in [6.07, 6.45) is 1.20. The number of nitrogens with one attached hydrogen (secondary N) is 1. The number of benzene rings is 1. The Balaban J connectivity index is 2.02. The number of carbonyl (C=O) groups is 2. The van der Waals surface area contributed by atoms with Crippen LogP contribution in [0.4, 0.5) is 5.69 Å². The number of hydrogen-bond donors (Lipinski definition) is 1. The number of amides is 2. The van der Waals surface area contributed by atoms with Crippen molar-refractivity contribution in [2.24, 2.45) is 5.92 Å². The number of para-hydroxylation sites is 1. The second-order valence-electron chi connectivity index (χ2n) is 5.06. The first kappa shape index (κ1) is 13.6. The van der Waals surface area contributed by atoms with E-state index in [4.69, 9.17) is 0 Å². The smallest absolute Gasteiger partial charge is 0.227 e. The Kier molecular flexibility index (Phi) is 4.20. The predicted octanol–water partition coefficient (Wildman–Crippen LogP) is 1.95. The van der Waals surface area contributed by atoms with Crippen molar-refractivity contribution >= 4 is 17.5 Å². The Morgan fingerprint density at radius 1 is 1.42 bits per heavy atom. The highest BCUT2D eigenvalue weighted by atomic mass is 16.2. The Bertz CT molecular complexity index is 458. The van der Waals surface area contributed by atoms with Gasteiger partial charge in [-0.1, -0.05) is 25.1 Å². The van der Waals surface area contributed by atoms with Gasteiger partial charge >= 0.3 is 0 Å². The van der Waals surface area contributed by atoms with Crippen molar-refractivity contribution < 1.29 is 9.59 Å². The van der Waals surface area contributed by atoms with Crippen LogP contribution >= 0.6 is 0 Å². The van der Waals surface area contributed by atoms with Crippen molar-refractivity contribution in [2.45, 2.75) is 32.7 Å². The lowest BCUT2D eigenvalue weighted by atomic mass is 10.1. The van der Waals surface area contributed by atoms with Crippen LogP contribution in [0.1, 0.15) is 26.7 Å². The van der Waals surface area contributed by atoms with Gasteiger partial charge in [-0.05, 0) is 25.5 Å². The van der Waals surface area contributed by atoms with Crippen molar-refractivity contribution in [3.05, 3.63) is 30.3 Å². The second-order valence-corrected chi connectivity index (χ2v) is 5.06. The summed E-state index contributed by atoms with van der Waals surface area (Å²) < 4.78 is 0. The summed E-state index contributed by atoms with van der Waals surface area (Å²) in [5, 5.41) is 2.95. The minimum absolute atomic E-state index is 0.0128. The van der Waals surface area contributed by atoms with E-state index in [1.54, 1.807) is 4.90 Å². The quantitative estimate of drug-likeness (QED) is 0.899. The van der Waals surface area contributed by atoms with Gasteiger partial charge < -0.3 is 10.2 Å². The lowest BCUT2D eigenvalue weighted by Gasteiger charge is -2.17. The maximum absolute atomic E-state index is 12.0. The van der Waals surface area contributed by atoms with Crippen LogP contribution in [0.5, 0.6) is 0 Å². The summed E-state index contributed by atoms with van der Waals surface area (Å²) >= 11 is 0. The normalized spacial score (nSPS) is 20.4.